The van der Waals surface area contributed by atoms with E-state index < -0.39 is 16.2 Å². The molecule has 1 aromatic rings. The van der Waals surface area contributed by atoms with Crippen LogP contribution in [0.5, 0.6) is 0 Å². The molecule has 2 saturated heterocycles. The number of carboxylic acids is 1. The van der Waals surface area contributed by atoms with Crippen molar-refractivity contribution in [1.82, 2.24) is 24.0 Å². The van der Waals surface area contributed by atoms with E-state index in [2.05, 4.69) is 15.4 Å². The fourth-order valence-electron chi connectivity index (χ4n) is 3.26. The first-order valence-electron chi connectivity index (χ1n) is 7.31. The van der Waals surface area contributed by atoms with Crippen LogP contribution < -0.4 is 0 Å². The van der Waals surface area contributed by atoms with Gasteiger partial charge >= 0.3 is 5.97 Å². The first-order valence-corrected chi connectivity index (χ1v) is 8.71. The molecule has 0 bridgehead atoms. The highest BCUT2D eigenvalue weighted by atomic mass is 32.2. The SMILES string of the molecule is O=C(O)C[C@H]1CN(S(=O)(=O)N2CCCC2)C[C@H]1c1cn[nH]n1. The predicted octanol–water partition coefficient (Wildman–Crippen LogP) is -0.365. The van der Waals surface area contributed by atoms with E-state index in [9.17, 15) is 13.2 Å². The van der Waals surface area contributed by atoms with E-state index in [0.717, 1.165) is 12.8 Å². The van der Waals surface area contributed by atoms with Crippen molar-refractivity contribution in [2.45, 2.75) is 25.2 Å². The van der Waals surface area contributed by atoms with Crippen LogP contribution in [0.2, 0.25) is 0 Å². The summed E-state index contributed by atoms with van der Waals surface area (Å²) in [5.41, 5.74) is 0.616. The number of nitrogens with zero attached hydrogens (tertiary/aromatic N) is 4. The van der Waals surface area contributed by atoms with Gasteiger partial charge in [-0.1, -0.05) is 0 Å². The second-order valence-corrected chi connectivity index (χ2v) is 7.72. The predicted molar refractivity (Wildman–Crippen MR) is 76.2 cm³/mol. The van der Waals surface area contributed by atoms with Gasteiger partial charge in [0.25, 0.3) is 10.2 Å². The van der Waals surface area contributed by atoms with E-state index in [1.807, 2.05) is 0 Å². The molecule has 0 saturated carbocycles. The van der Waals surface area contributed by atoms with Crippen LogP contribution in [0.3, 0.4) is 0 Å². The van der Waals surface area contributed by atoms with Gasteiger partial charge in [-0.3, -0.25) is 4.79 Å². The van der Waals surface area contributed by atoms with Gasteiger partial charge in [0.1, 0.15) is 0 Å². The van der Waals surface area contributed by atoms with Crippen molar-refractivity contribution in [2.75, 3.05) is 26.2 Å². The minimum absolute atomic E-state index is 0.0798. The second-order valence-electron chi connectivity index (χ2n) is 5.79. The molecule has 10 heteroatoms. The maximum atomic E-state index is 12.6. The summed E-state index contributed by atoms with van der Waals surface area (Å²) in [6.45, 7) is 1.54. The van der Waals surface area contributed by atoms with Crippen molar-refractivity contribution >= 4 is 16.2 Å². The number of rotatable bonds is 5. The Kier molecular flexibility index (Phi) is 4.15. The monoisotopic (exact) mass is 329 g/mol. The molecule has 2 fully saturated rings. The maximum absolute atomic E-state index is 12.6. The summed E-state index contributed by atoms with van der Waals surface area (Å²) in [4.78, 5) is 11.1. The number of nitrogens with one attached hydrogen (secondary N) is 1. The zero-order valence-electron chi connectivity index (χ0n) is 12.1. The van der Waals surface area contributed by atoms with Crippen molar-refractivity contribution in [2.24, 2.45) is 5.92 Å². The number of H-pyrrole nitrogens is 1. The molecule has 0 unspecified atom stereocenters. The first-order chi connectivity index (χ1) is 10.5. The quantitative estimate of drug-likeness (QED) is 0.761. The van der Waals surface area contributed by atoms with Gasteiger partial charge in [-0.2, -0.15) is 32.4 Å². The molecule has 0 radical (unpaired) electrons. The number of aliphatic carboxylic acids is 1. The molecule has 9 nitrogen and oxygen atoms in total. The summed E-state index contributed by atoms with van der Waals surface area (Å²) in [7, 11) is -3.52. The van der Waals surface area contributed by atoms with Crippen LogP contribution in [0, 0.1) is 5.92 Å². The molecule has 2 aliphatic heterocycles. The minimum Gasteiger partial charge on any atom is -0.481 e. The molecule has 22 heavy (non-hydrogen) atoms. The number of aromatic amines is 1. The van der Waals surface area contributed by atoms with E-state index >= 15 is 0 Å². The molecule has 0 spiro atoms. The zero-order chi connectivity index (χ0) is 15.7. The van der Waals surface area contributed by atoms with E-state index in [0.29, 0.717) is 18.8 Å². The normalized spacial score (nSPS) is 27.5. The molecule has 0 aliphatic carbocycles. The summed E-state index contributed by atoms with van der Waals surface area (Å²) >= 11 is 0. The minimum atomic E-state index is -3.52. The van der Waals surface area contributed by atoms with Gasteiger partial charge in [0.15, 0.2) is 0 Å². The third kappa shape index (κ3) is 2.85. The third-order valence-corrected chi connectivity index (χ3v) is 6.34. The lowest BCUT2D eigenvalue weighted by Gasteiger charge is -2.23. The number of aromatic nitrogens is 3. The largest absolute Gasteiger partial charge is 0.481 e. The van der Waals surface area contributed by atoms with Crippen molar-refractivity contribution in [3.63, 3.8) is 0 Å². The second kappa shape index (κ2) is 5.94. The van der Waals surface area contributed by atoms with Crippen molar-refractivity contribution in [3.8, 4) is 0 Å². The Bertz CT molecular complexity index is 626. The standard InChI is InChI=1S/C12H19N5O4S/c18-12(19)5-9-7-17(8-10(9)11-6-13-15-14-11)22(20,21)16-3-1-2-4-16/h6,9-10H,1-5,7-8H2,(H,18,19)(H,13,14,15)/t9-,10+/m0/s1. The molecule has 0 aromatic carbocycles. The molecule has 2 N–H and O–H groups in total. The molecule has 3 rings (SSSR count). The Hall–Kier alpha value is -1.52. The third-order valence-electron chi connectivity index (χ3n) is 4.38. The smallest absolute Gasteiger partial charge is 0.303 e. The van der Waals surface area contributed by atoms with Crippen molar-refractivity contribution in [3.05, 3.63) is 11.9 Å². The first kappa shape index (κ1) is 15.4. The number of carboxylic acid groups (broad SMARTS) is 1. The van der Waals surface area contributed by atoms with E-state index in [1.165, 1.54) is 14.8 Å². The molecular weight excluding hydrogens is 310 g/mol. The highest BCUT2D eigenvalue weighted by Crippen LogP contribution is 2.36. The molecular formula is C12H19N5O4S. The Morgan fingerprint density at radius 1 is 1.32 bits per heavy atom. The van der Waals surface area contributed by atoms with Crippen LogP contribution in [0.4, 0.5) is 0 Å². The van der Waals surface area contributed by atoms with Gasteiger partial charge in [0, 0.05) is 32.1 Å². The lowest BCUT2D eigenvalue weighted by atomic mass is 9.91. The number of hydrogen-bond donors (Lipinski definition) is 2. The zero-order valence-corrected chi connectivity index (χ0v) is 12.9. The molecule has 122 valence electrons. The summed E-state index contributed by atoms with van der Waals surface area (Å²) in [6.07, 6.45) is 3.20. The van der Waals surface area contributed by atoms with Crippen LogP contribution in [0.25, 0.3) is 0 Å². The van der Waals surface area contributed by atoms with Crippen LogP contribution >= 0.6 is 0 Å². The molecule has 2 atom stereocenters. The van der Waals surface area contributed by atoms with Gasteiger partial charge in [-0.15, -0.1) is 0 Å². The van der Waals surface area contributed by atoms with Crippen LogP contribution in [-0.2, 0) is 15.0 Å². The van der Waals surface area contributed by atoms with Gasteiger partial charge in [-0.05, 0) is 18.8 Å². The average molecular weight is 329 g/mol. The Labute approximate surface area is 128 Å². The van der Waals surface area contributed by atoms with Crippen molar-refractivity contribution in [1.29, 1.82) is 0 Å². The summed E-state index contributed by atoms with van der Waals surface area (Å²) in [5.74, 6) is -1.47. The number of carbonyl (C=O) groups is 1. The van der Waals surface area contributed by atoms with Crippen LogP contribution in [0.15, 0.2) is 6.20 Å². The summed E-state index contributed by atoms with van der Waals surface area (Å²) in [5, 5.41) is 19.3. The summed E-state index contributed by atoms with van der Waals surface area (Å²) in [6, 6.07) is 0. The summed E-state index contributed by atoms with van der Waals surface area (Å²) < 4.78 is 28.2. The average Bonchev–Trinajstić information content (AvgIpc) is 3.19. The lowest BCUT2D eigenvalue weighted by molar-refractivity contribution is -0.138. The fourth-order valence-corrected chi connectivity index (χ4v) is 5.03. The topological polar surface area (TPSA) is 119 Å². The van der Waals surface area contributed by atoms with Gasteiger partial charge in [-0.25, -0.2) is 0 Å². The molecule has 0 amide bonds. The Morgan fingerprint density at radius 2 is 2.05 bits per heavy atom. The molecule has 2 aliphatic rings. The lowest BCUT2D eigenvalue weighted by Crippen LogP contribution is -2.41. The number of hydrogen-bond acceptors (Lipinski definition) is 5. The van der Waals surface area contributed by atoms with Gasteiger partial charge < -0.3 is 5.11 Å². The van der Waals surface area contributed by atoms with E-state index in [1.54, 1.807) is 0 Å². The van der Waals surface area contributed by atoms with E-state index in [4.69, 9.17) is 5.11 Å². The highest BCUT2D eigenvalue weighted by molar-refractivity contribution is 7.86. The van der Waals surface area contributed by atoms with Gasteiger partial charge in [0.05, 0.1) is 18.3 Å². The molecule has 1 aromatic heterocycles. The highest BCUT2D eigenvalue weighted by Gasteiger charge is 2.43. The van der Waals surface area contributed by atoms with Crippen LogP contribution in [-0.4, -0.2) is 69.7 Å². The maximum Gasteiger partial charge on any atom is 0.303 e. The molecule has 3 heterocycles. The van der Waals surface area contributed by atoms with Crippen molar-refractivity contribution < 1.29 is 18.3 Å². The van der Waals surface area contributed by atoms with Gasteiger partial charge in [0.2, 0.25) is 0 Å². The Balaban J connectivity index is 1.81. The van der Waals surface area contributed by atoms with Crippen LogP contribution in [0.1, 0.15) is 30.9 Å². The van der Waals surface area contributed by atoms with E-state index in [-0.39, 0.29) is 31.3 Å². The fraction of sp³-hybridized carbons (Fsp3) is 0.750. The Morgan fingerprint density at radius 3 is 2.64 bits per heavy atom.